The van der Waals surface area contributed by atoms with Gasteiger partial charge in [0.05, 0.1) is 7.11 Å². The number of hydrogen-bond donors (Lipinski definition) is 0. The number of Topliss-reactive ketones (excluding diaryl/α,β-unsaturated/α-hetero) is 1. The van der Waals surface area contributed by atoms with E-state index in [1.807, 2.05) is 13.8 Å². The molecule has 3 atom stereocenters. The van der Waals surface area contributed by atoms with Crippen molar-refractivity contribution in [2.24, 2.45) is 17.8 Å². The van der Waals surface area contributed by atoms with Crippen LogP contribution >= 0.6 is 0 Å². The zero-order chi connectivity index (χ0) is 9.30. The Morgan fingerprint density at radius 3 is 2.42 bits per heavy atom. The fourth-order valence-electron chi connectivity index (χ4n) is 1.73. The van der Waals surface area contributed by atoms with Crippen LogP contribution in [0.1, 0.15) is 20.3 Å². The van der Waals surface area contributed by atoms with Crippen LogP contribution in [0.3, 0.4) is 0 Å². The van der Waals surface area contributed by atoms with Gasteiger partial charge >= 0.3 is 5.97 Å². The van der Waals surface area contributed by atoms with E-state index in [-0.39, 0.29) is 17.7 Å². The molecule has 1 unspecified atom stereocenters. The van der Waals surface area contributed by atoms with Gasteiger partial charge in [0.1, 0.15) is 11.7 Å². The Hall–Kier alpha value is -0.860. The topological polar surface area (TPSA) is 43.4 Å². The first-order chi connectivity index (χ1) is 5.57. The summed E-state index contributed by atoms with van der Waals surface area (Å²) in [5, 5.41) is 0. The van der Waals surface area contributed by atoms with E-state index >= 15 is 0 Å². The van der Waals surface area contributed by atoms with E-state index < -0.39 is 5.92 Å². The molecule has 0 aromatic heterocycles. The molecule has 0 aromatic rings. The maximum Gasteiger partial charge on any atom is 0.316 e. The van der Waals surface area contributed by atoms with Gasteiger partial charge in [-0.3, -0.25) is 9.59 Å². The van der Waals surface area contributed by atoms with Crippen molar-refractivity contribution in [3.63, 3.8) is 0 Å². The van der Waals surface area contributed by atoms with E-state index in [4.69, 9.17) is 0 Å². The minimum atomic E-state index is -0.509. The summed E-state index contributed by atoms with van der Waals surface area (Å²) in [4.78, 5) is 22.4. The number of methoxy groups -OCH3 is 1. The number of ether oxygens (including phenoxy) is 1. The van der Waals surface area contributed by atoms with E-state index in [0.717, 1.165) is 0 Å². The molecule has 0 N–H and O–H groups in total. The highest BCUT2D eigenvalue weighted by atomic mass is 16.5. The van der Waals surface area contributed by atoms with Gasteiger partial charge < -0.3 is 4.74 Å². The van der Waals surface area contributed by atoms with Crippen LogP contribution in [0.2, 0.25) is 0 Å². The normalized spacial score (nSPS) is 35.2. The van der Waals surface area contributed by atoms with Crippen molar-refractivity contribution in [3.8, 4) is 0 Å². The molecule has 0 heterocycles. The number of hydrogen-bond acceptors (Lipinski definition) is 3. The largest absolute Gasteiger partial charge is 0.468 e. The second-order valence-electron chi connectivity index (χ2n) is 3.51. The Morgan fingerprint density at radius 2 is 2.08 bits per heavy atom. The average Bonchev–Trinajstić information content (AvgIpc) is 2.26. The van der Waals surface area contributed by atoms with Crippen molar-refractivity contribution in [1.29, 1.82) is 0 Å². The lowest BCUT2D eigenvalue weighted by Gasteiger charge is -2.13. The first-order valence-corrected chi connectivity index (χ1v) is 4.18. The minimum Gasteiger partial charge on any atom is -0.468 e. The van der Waals surface area contributed by atoms with Crippen molar-refractivity contribution >= 4 is 11.8 Å². The molecule has 12 heavy (non-hydrogen) atoms. The minimum absolute atomic E-state index is 0.0295. The van der Waals surface area contributed by atoms with Gasteiger partial charge in [-0.2, -0.15) is 0 Å². The highest BCUT2D eigenvalue weighted by Gasteiger charge is 2.42. The number of esters is 1. The van der Waals surface area contributed by atoms with Crippen LogP contribution in [0.4, 0.5) is 0 Å². The lowest BCUT2D eigenvalue weighted by Crippen LogP contribution is -2.25. The quantitative estimate of drug-likeness (QED) is 0.436. The van der Waals surface area contributed by atoms with Crippen LogP contribution in [0.5, 0.6) is 0 Å². The Morgan fingerprint density at radius 1 is 1.50 bits per heavy atom. The Bertz CT molecular complexity index is 202. The molecule has 0 bridgehead atoms. The highest BCUT2D eigenvalue weighted by molar-refractivity contribution is 6.01. The third-order valence-corrected chi connectivity index (χ3v) is 2.75. The van der Waals surface area contributed by atoms with Gasteiger partial charge in [0.2, 0.25) is 0 Å². The summed E-state index contributed by atoms with van der Waals surface area (Å²) in [6.45, 7) is 3.92. The van der Waals surface area contributed by atoms with Crippen LogP contribution in [-0.2, 0) is 14.3 Å². The zero-order valence-corrected chi connectivity index (χ0v) is 7.66. The molecule has 0 spiro atoms. The molecule has 0 aromatic carbocycles. The summed E-state index contributed by atoms with van der Waals surface area (Å²) in [7, 11) is 1.32. The predicted octanol–water partition coefficient (Wildman–Crippen LogP) is 1.02. The lowest BCUT2D eigenvalue weighted by atomic mass is 9.92. The second-order valence-corrected chi connectivity index (χ2v) is 3.51. The number of rotatable bonds is 1. The van der Waals surface area contributed by atoms with Gasteiger partial charge in [-0.1, -0.05) is 13.8 Å². The van der Waals surface area contributed by atoms with Crippen LogP contribution in [-0.4, -0.2) is 18.9 Å². The van der Waals surface area contributed by atoms with Gasteiger partial charge in [-0.05, 0) is 11.8 Å². The number of carbonyl (C=O) groups excluding carboxylic acids is 2. The van der Waals surface area contributed by atoms with Crippen LogP contribution in [0.15, 0.2) is 0 Å². The standard InChI is InChI=1S/C9H14O3/c1-5-4-7(10)8(6(5)2)9(11)12-3/h5-6,8H,4H2,1-3H3/t5-,6-,8?/m0/s1. The Kier molecular flexibility index (Phi) is 2.50. The molecule has 68 valence electrons. The fraction of sp³-hybridized carbons (Fsp3) is 0.778. The van der Waals surface area contributed by atoms with Crippen LogP contribution < -0.4 is 0 Å². The molecule has 1 saturated carbocycles. The van der Waals surface area contributed by atoms with Crippen molar-refractivity contribution in [2.45, 2.75) is 20.3 Å². The van der Waals surface area contributed by atoms with Crippen molar-refractivity contribution in [2.75, 3.05) is 7.11 Å². The summed E-state index contributed by atoms with van der Waals surface area (Å²) < 4.78 is 4.56. The van der Waals surface area contributed by atoms with E-state index in [9.17, 15) is 9.59 Å². The summed E-state index contributed by atoms with van der Waals surface area (Å²) >= 11 is 0. The van der Waals surface area contributed by atoms with E-state index in [0.29, 0.717) is 12.3 Å². The summed E-state index contributed by atoms with van der Waals surface area (Å²) in [6, 6.07) is 0. The Balaban J connectivity index is 2.76. The highest BCUT2D eigenvalue weighted by Crippen LogP contribution is 2.34. The molecular formula is C9H14O3. The van der Waals surface area contributed by atoms with Crippen molar-refractivity contribution < 1.29 is 14.3 Å². The second kappa shape index (κ2) is 3.25. The molecule has 1 aliphatic carbocycles. The molecule has 0 amide bonds. The van der Waals surface area contributed by atoms with Gasteiger partial charge in [0.15, 0.2) is 0 Å². The van der Waals surface area contributed by atoms with Gasteiger partial charge in [0.25, 0.3) is 0 Å². The molecule has 0 saturated heterocycles. The molecule has 1 fully saturated rings. The number of carbonyl (C=O) groups is 2. The first-order valence-electron chi connectivity index (χ1n) is 4.18. The monoisotopic (exact) mass is 170 g/mol. The van der Waals surface area contributed by atoms with Crippen LogP contribution in [0.25, 0.3) is 0 Å². The fourth-order valence-corrected chi connectivity index (χ4v) is 1.73. The molecular weight excluding hydrogens is 156 g/mol. The molecule has 3 heteroatoms. The van der Waals surface area contributed by atoms with E-state index in [1.54, 1.807) is 0 Å². The van der Waals surface area contributed by atoms with E-state index in [1.165, 1.54) is 7.11 Å². The number of ketones is 1. The van der Waals surface area contributed by atoms with Crippen molar-refractivity contribution in [1.82, 2.24) is 0 Å². The van der Waals surface area contributed by atoms with E-state index in [2.05, 4.69) is 4.74 Å². The summed E-state index contributed by atoms with van der Waals surface area (Å²) in [5.74, 6) is -0.421. The molecule has 1 rings (SSSR count). The third-order valence-electron chi connectivity index (χ3n) is 2.75. The SMILES string of the molecule is COC(=O)C1C(=O)C[C@H](C)[C@@H]1C. The average molecular weight is 170 g/mol. The zero-order valence-electron chi connectivity index (χ0n) is 7.66. The lowest BCUT2D eigenvalue weighted by molar-refractivity contribution is -0.149. The first kappa shape index (κ1) is 9.23. The van der Waals surface area contributed by atoms with Gasteiger partial charge in [0, 0.05) is 6.42 Å². The maximum absolute atomic E-state index is 11.3. The summed E-state index contributed by atoms with van der Waals surface area (Å²) in [5.41, 5.74) is 0. The molecule has 0 aliphatic heterocycles. The molecule has 1 aliphatic rings. The third kappa shape index (κ3) is 1.36. The molecule has 0 radical (unpaired) electrons. The predicted molar refractivity (Wildman–Crippen MR) is 43.5 cm³/mol. The smallest absolute Gasteiger partial charge is 0.316 e. The van der Waals surface area contributed by atoms with Crippen molar-refractivity contribution in [3.05, 3.63) is 0 Å². The summed E-state index contributed by atoms with van der Waals surface area (Å²) in [6.07, 6.45) is 0.515. The van der Waals surface area contributed by atoms with Gasteiger partial charge in [-0.25, -0.2) is 0 Å². The molecule has 3 nitrogen and oxygen atoms in total. The maximum atomic E-state index is 11.3. The van der Waals surface area contributed by atoms with Gasteiger partial charge in [-0.15, -0.1) is 0 Å². The van der Waals surface area contributed by atoms with Crippen LogP contribution in [0, 0.1) is 17.8 Å². The Labute approximate surface area is 72.1 Å².